The molecular formula is C26H22F3N3O4S. The minimum Gasteiger partial charge on any atom is -0.294 e. The first-order valence-corrected chi connectivity index (χ1v) is 13.0. The van der Waals surface area contributed by atoms with Gasteiger partial charge in [-0.25, -0.2) is 4.79 Å². The maximum Gasteiger partial charge on any atom is 0.416 e. The fourth-order valence-corrected chi connectivity index (χ4v) is 5.52. The molecule has 2 aromatic carbocycles. The molecule has 0 saturated carbocycles. The van der Waals surface area contributed by atoms with E-state index in [2.05, 4.69) is 0 Å². The number of rotatable bonds is 5. The first-order valence-electron chi connectivity index (χ1n) is 11.5. The Hall–Kier alpha value is -3.78. The second-order valence-corrected chi connectivity index (χ2v) is 10.0. The number of halogens is 3. The van der Waals surface area contributed by atoms with Gasteiger partial charge in [0.1, 0.15) is 0 Å². The van der Waals surface area contributed by atoms with Crippen molar-refractivity contribution in [2.24, 2.45) is 0 Å². The molecule has 0 bridgehead atoms. The highest BCUT2D eigenvalue weighted by Gasteiger charge is 2.49. The molecule has 0 spiro atoms. The van der Waals surface area contributed by atoms with E-state index in [9.17, 15) is 37.0 Å². The summed E-state index contributed by atoms with van der Waals surface area (Å²) in [5.41, 5.74) is -0.332. The van der Waals surface area contributed by atoms with E-state index >= 15 is 0 Å². The second kappa shape index (κ2) is 9.94. The van der Waals surface area contributed by atoms with Crippen LogP contribution >= 0.6 is 0 Å². The molecule has 11 heteroatoms. The molecule has 2 aliphatic rings. The van der Waals surface area contributed by atoms with Gasteiger partial charge in [0.15, 0.2) is 5.78 Å². The number of nitriles is 1. The van der Waals surface area contributed by atoms with Crippen LogP contribution in [-0.2, 0) is 26.6 Å². The zero-order chi connectivity index (χ0) is 27.1. The SMILES string of the molecule is CCCC(=O)N1C(=O)N(c2cccc(C(F)(F)F)c2)C2=C(C(=O)CC2)C1c1ccc(C#N)cc1S(C)=O. The number of Topliss-reactive ketones (excluding diaryl/α,β-unsaturated/α-hetero) is 1. The van der Waals surface area contributed by atoms with Crippen molar-refractivity contribution < 1.29 is 31.8 Å². The van der Waals surface area contributed by atoms with E-state index in [4.69, 9.17) is 0 Å². The van der Waals surface area contributed by atoms with E-state index < -0.39 is 40.5 Å². The van der Waals surface area contributed by atoms with Crippen LogP contribution in [0.4, 0.5) is 23.7 Å². The number of allylic oxidation sites excluding steroid dienone is 1. The van der Waals surface area contributed by atoms with Crippen LogP contribution in [0.15, 0.2) is 58.6 Å². The zero-order valence-electron chi connectivity index (χ0n) is 20.0. The third-order valence-electron chi connectivity index (χ3n) is 6.31. The molecule has 4 rings (SSSR count). The average molecular weight is 530 g/mol. The van der Waals surface area contributed by atoms with E-state index in [-0.39, 0.29) is 58.0 Å². The predicted octanol–water partition coefficient (Wildman–Crippen LogP) is 5.24. The first kappa shape index (κ1) is 26.3. The summed E-state index contributed by atoms with van der Waals surface area (Å²) in [5, 5.41) is 9.31. The van der Waals surface area contributed by atoms with E-state index in [1.807, 2.05) is 6.07 Å². The molecule has 2 atom stereocenters. The van der Waals surface area contributed by atoms with E-state index in [0.717, 1.165) is 28.0 Å². The Morgan fingerprint density at radius 2 is 1.89 bits per heavy atom. The fourth-order valence-electron chi connectivity index (χ4n) is 4.71. The van der Waals surface area contributed by atoms with Gasteiger partial charge in [-0.2, -0.15) is 18.4 Å². The Morgan fingerprint density at radius 3 is 2.51 bits per heavy atom. The smallest absolute Gasteiger partial charge is 0.294 e. The summed E-state index contributed by atoms with van der Waals surface area (Å²) in [7, 11) is -1.65. The summed E-state index contributed by atoms with van der Waals surface area (Å²) in [4.78, 5) is 42.5. The van der Waals surface area contributed by atoms with Crippen molar-refractivity contribution in [1.82, 2.24) is 4.90 Å². The van der Waals surface area contributed by atoms with Gasteiger partial charge < -0.3 is 0 Å². The summed E-state index contributed by atoms with van der Waals surface area (Å²) in [5.74, 6) is -0.992. The predicted molar refractivity (Wildman–Crippen MR) is 129 cm³/mol. The molecule has 0 fully saturated rings. The molecule has 2 unspecified atom stereocenters. The van der Waals surface area contributed by atoms with Crippen LogP contribution in [0.25, 0.3) is 0 Å². The number of urea groups is 1. The second-order valence-electron chi connectivity index (χ2n) is 8.68. The lowest BCUT2D eigenvalue weighted by Crippen LogP contribution is -2.52. The lowest BCUT2D eigenvalue weighted by molar-refractivity contribution is -0.137. The monoisotopic (exact) mass is 529 g/mol. The Morgan fingerprint density at radius 1 is 1.16 bits per heavy atom. The summed E-state index contributed by atoms with van der Waals surface area (Å²) in [6.07, 6.45) is -2.89. The van der Waals surface area contributed by atoms with Crippen LogP contribution in [0.1, 0.15) is 55.3 Å². The Kier molecular flexibility index (Phi) is 7.06. The third-order valence-corrected chi connectivity index (χ3v) is 7.28. The van der Waals surface area contributed by atoms with Crippen molar-refractivity contribution in [3.8, 4) is 6.07 Å². The molecule has 192 valence electrons. The van der Waals surface area contributed by atoms with Gasteiger partial charge in [0.25, 0.3) is 0 Å². The van der Waals surface area contributed by atoms with Crippen molar-refractivity contribution in [3.05, 3.63) is 70.4 Å². The van der Waals surface area contributed by atoms with Crippen molar-refractivity contribution in [1.29, 1.82) is 5.26 Å². The van der Waals surface area contributed by atoms with Crippen LogP contribution in [-0.4, -0.2) is 33.1 Å². The highest BCUT2D eigenvalue weighted by molar-refractivity contribution is 7.84. The molecule has 0 aromatic heterocycles. The summed E-state index contributed by atoms with van der Waals surface area (Å²) in [6.45, 7) is 1.73. The quantitative estimate of drug-likeness (QED) is 0.528. The molecule has 0 N–H and O–H groups in total. The molecule has 2 aromatic rings. The maximum absolute atomic E-state index is 13.9. The lowest BCUT2D eigenvalue weighted by atomic mass is 9.91. The minimum atomic E-state index is -4.67. The summed E-state index contributed by atoms with van der Waals surface area (Å²) in [6, 6.07) is 8.29. The first-order chi connectivity index (χ1) is 17.5. The van der Waals surface area contributed by atoms with Crippen molar-refractivity contribution in [2.75, 3.05) is 11.2 Å². The number of benzene rings is 2. The van der Waals surface area contributed by atoms with Crippen LogP contribution in [0.3, 0.4) is 0 Å². The van der Waals surface area contributed by atoms with Gasteiger partial charge in [-0.15, -0.1) is 0 Å². The Labute approximate surface area is 213 Å². The number of anilines is 1. The molecule has 1 aliphatic heterocycles. The number of carbonyl (C=O) groups is 3. The van der Waals surface area contributed by atoms with Crippen molar-refractivity contribution >= 4 is 34.2 Å². The van der Waals surface area contributed by atoms with Crippen LogP contribution in [0.5, 0.6) is 0 Å². The minimum absolute atomic E-state index is 0.000539. The van der Waals surface area contributed by atoms with E-state index in [1.165, 1.54) is 30.5 Å². The lowest BCUT2D eigenvalue weighted by Gasteiger charge is -2.41. The van der Waals surface area contributed by atoms with Gasteiger partial charge >= 0.3 is 12.2 Å². The molecule has 0 radical (unpaired) electrons. The summed E-state index contributed by atoms with van der Waals surface area (Å²) >= 11 is 0. The number of alkyl halides is 3. The molecule has 0 saturated heterocycles. The summed E-state index contributed by atoms with van der Waals surface area (Å²) < 4.78 is 53.0. The number of amides is 3. The zero-order valence-corrected chi connectivity index (χ0v) is 20.8. The standard InChI is InChI=1S/C26H22F3N3O4S/c1-3-5-22(34)32-24(18-9-8-15(14-30)12-21(18)37(2)36)23-19(10-11-20(23)33)31(25(32)35)17-7-4-6-16(13-17)26(27,28)29/h4,6-9,12-13,24H,3,5,10-11H2,1-2H3. The highest BCUT2D eigenvalue weighted by Crippen LogP contribution is 2.47. The van der Waals surface area contributed by atoms with Gasteiger partial charge in [0, 0.05) is 35.3 Å². The van der Waals surface area contributed by atoms with E-state index in [0.29, 0.717) is 6.42 Å². The van der Waals surface area contributed by atoms with Crippen LogP contribution in [0.2, 0.25) is 0 Å². The topological polar surface area (TPSA) is 98.6 Å². The molecule has 1 aliphatic carbocycles. The van der Waals surface area contributed by atoms with Crippen molar-refractivity contribution in [2.45, 2.75) is 49.7 Å². The molecule has 1 heterocycles. The highest BCUT2D eigenvalue weighted by atomic mass is 32.2. The largest absolute Gasteiger partial charge is 0.416 e. The van der Waals surface area contributed by atoms with Gasteiger partial charge in [-0.05, 0) is 48.7 Å². The normalized spacial score (nSPS) is 18.6. The number of imide groups is 1. The fraction of sp³-hybridized carbons (Fsp3) is 0.308. The van der Waals surface area contributed by atoms with Gasteiger partial charge in [0.2, 0.25) is 5.91 Å². The molecular weight excluding hydrogens is 507 g/mol. The van der Waals surface area contributed by atoms with Gasteiger partial charge in [-0.1, -0.05) is 19.1 Å². The maximum atomic E-state index is 13.9. The number of carbonyl (C=O) groups excluding carboxylic acids is 3. The van der Waals surface area contributed by atoms with Crippen LogP contribution in [0, 0.1) is 11.3 Å². The Balaban J connectivity index is 2.00. The van der Waals surface area contributed by atoms with Crippen LogP contribution < -0.4 is 4.90 Å². The molecule has 37 heavy (non-hydrogen) atoms. The van der Waals surface area contributed by atoms with Crippen molar-refractivity contribution in [3.63, 3.8) is 0 Å². The molecule has 3 amide bonds. The average Bonchev–Trinajstić information content (AvgIpc) is 3.23. The third kappa shape index (κ3) is 4.69. The number of hydrogen-bond donors (Lipinski definition) is 0. The van der Waals surface area contributed by atoms with Gasteiger partial charge in [0.05, 0.1) is 39.7 Å². The van der Waals surface area contributed by atoms with Gasteiger partial charge in [-0.3, -0.25) is 23.6 Å². The molecule has 7 nitrogen and oxygen atoms in total. The van der Waals surface area contributed by atoms with E-state index in [1.54, 1.807) is 6.92 Å². The number of ketones is 1. The number of hydrogen-bond acceptors (Lipinski definition) is 5. The Bertz CT molecular complexity index is 1410. The number of nitrogens with zero attached hydrogens (tertiary/aromatic N) is 3.